The third kappa shape index (κ3) is 11.0. The van der Waals surface area contributed by atoms with Gasteiger partial charge in [-0.05, 0) is 51.4 Å². The van der Waals surface area contributed by atoms with Gasteiger partial charge in [-0.15, -0.1) is 12.1 Å². The standard InChI is InChI=1S/C24H35O.2C9H12N.Y/c1-16-13-19(23(5,6)7)21(25-10)20(14-16)24(8,9)18-12-11-17(15-18)22(2,3)4;2*1-8-6-4-5-7-9(8)10(2)3;/h11,13-14H,12H2,1-10H3;2*4-7H,1H2,2-3H3;/q3*-1;+3. The van der Waals surface area contributed by atoms with E-state index in [2.05, 4.69) is 122 Å². The Morgan fingerprint density at radius 2 is 1.13 bits per heavy atom. The zero-order valence-corrected chi connectivity index (χ0v) is 34.2. The van der Waals surface area contributed by atoms with Crippen LogP contribution in [-0.4, -0.2) is 35.3 Å². The summed E-state index contributed by atoms with van der Waals surface area (Å²) in [5, 5.41) is 0. The molecule has 246 valence electrons. The van der Waals surface area contributed by atoms with Crippen molar-refractivity contribution in [2.75, 3.05) is 45.1 Å². The molecule has 4 heteroatoms. The first kappa shape index (κ1) is 41.4. The van der Waals surface area contributed by atoms with Crippen LogP contribution in [0.25, 0.3) is 0 Å². The molecule has 1 aliphatic carbocycles. The van der Waals surface area contributed by atoms with Gasteiger partial charge >= 0.3 is 32.7 Å². The van der Waals surface area contributed by atoms with Gasteiger partial charge in [-0.2, -0.15) is 42.7 Å². The molecule has 0 aliphatic heterocycles. The van der Waals surface area contributed by atoms with Gasteiger partial charge in [0.15, 0.2) is 0 Å². The van der Waals surface area contributed by atoms with E-state index in [0.29, 0.717) is 0 Å². The molecule has 3 aromatic carbocycles. The van der Waals surface area contributed by atoms with Crippen LogP contribution in [0.5, 0.6) is 5.75 Å². The van der Waals surface area contributed by atoms with Crippen molar-refractivity contribution in [3.8, 4) is 5.75 Å². The van der Waals surface area contributed by atoms with Crippen LogP contribution in [0.15, 0.2) is 77.9 Å². The number of para-hydroxylation sites is 2. The van der Waals surface area contributed by atoms with Crippen LogP contribution < -0.4 is 14.5 Å². The van der Waals surface area contributed by atoms with E-state index in [-0.39, 0.29) is 49.0 Å². The summed E-state index contributed by atoms with van der Waals surface area (Å²) in [6, 6.07) is 20.7. The summed E-state index contributed by atoms with van der Waals surface area (Å²) >= 11 is 0. The first-order chi connectivity index (χ1) is 20.7. The van der Waals surface area contributed by atoms with Crippen molar-refractivity contribution >= 4 is 11.4 Å². The minimum Gasteiger partial charge on any atom is -0.496 e. The first-order valence-electron chi connectivity index (χ1n) is 15.9. The number of methoxy groups -OCH3 is 1. The summed E-state index contributed by atoms with van der Waals surface area (Å²) < 4.78 is 5.94. The van der Waals surface area contributed by atoms with Crippen molar-refractivity contribution in [3.63, 3.8) is 0 Å². The second-order valence-electron chi connectivity index (χ2n) is 15.0. The molecule has 0 fully saturated rings. The number of benzene rings is 3. The van der Waals surface area contributed by atoms with Gasteiger partial charge in [0.05, 0.1) is 7.11 Å². The fourth-order valence-corrected chi connectivity index (χ4v) is 5.45. The summed E-state index contributed by atoms with van der Waals surface area (Å²) in [5.74, 6) is 1.03. The Hall–Kier alpha value is -2.62. The van der Waals surface area contributed by atoms with Crippen LogP contribution in [0.4, 0.5) is 11.4 Å². The van der Waals surface area contributed by atoms with E-state index in [1.165, 1.54) is 39.2 Å². The molecule has 46 heavy (non-hydrogen) atoms. The number of rotatable bonds is 5. The van der Waals surface area contributed by atoms with E-state index in [1.807, 2.05) is 64.6 Å². The number of ether oxygens (including phenoxy) is 1. The van der Waals surface area contributed by atoms with Gasteiger partial charge in [-0.1, -0.05) is 115 Å². The Morgan fingerprint density at radius 1 is 0.696 bits per heavy atom. The number of anilines is 2. The minimum absolute atomic E-state index is 0. The maximum atomic E-state index is 5.94. The van der Waals surface area contributed by atoms with Crippen LogP contribution in [0.1, 0.15) is 89.6 Å². The molecule has 4 rings (SSSR count). The topological polar surface area (TPSA) is 15.7 Å². The second-order valence-corrected chi connectivity index (χ2v) is 15.0. The van der Waals surface area contributed by atoms with E-state index in [4.69, 9.17) is 4.74 Å². The quantitative estimate of drug-likeness (QED) is 0.247. The number of hydrogen-bond donors (Lipinski definition) is 0. The molecule has 0 bridgehead atoms. The third-order valence-electron chi connectivity index (χ3n) is 8.22. The predicted octanol–water partition coefficient (Wildman–Crippen LogP) is 10.6. The second kappa shape index (κ2) is 17.0. The van der Waals surface area contributed by atoms with E-state index in [1.54, 1.807) is 7.11 Å². The van der Waals surface area contributed by atoms with Gasteiger partial charge in [0, 0.05) is 11.1 Å². The van der Waals surface area contributed by atoms with Crippen LogP contribution in [0.2, 0.25) is 0 Å². The van der Waals surface area contributed by atoms with Crippen molar-refractivity contribution in [1.82, 2.24) is 0 Å². The van der Waals surface area contributed by atoms with Crippen LogP contribution in [0.3, 0.4) is 0 Å². The van der Waals surface area contributed by atoms with Crippen LogP contribution in [0, 0.1) is 32.3 Å². The summed E-state index contributed by atoms with van der Waals surface area (Å²) in [6.45, 7) is 28.1. The summed E-state index contributed by atoms with van der Waals surface area (Å²) in [4.78, 5) is 4.12. The SMILES string of the molecule is COc1c(C(C)(C)C)cc(C)cc1C(C)(C)C1=[C-]C(C(C)(C)C)=CC1.[CH2-]c1ccccc1N(C)C.[CH2-]c1ccccc1N(C)C.[Y+3]. The van der Waals surface area contributed by atoms with E-state index >= 15 is 0 Å². The molecule has 3 nitrogen and oxygen atoms in total. The average Bonchev–Trinajstić information content (AvgIpc) is 3.45. The van der Waals surface area contributed by atoms with Gasteiger partial charge in [0.1, 0.15) is 5.75 Å². The molecule has 0 N–H and O–H groups in total. The minimum atomic E-state index is -0.110. The maximum Gasteiger partial charge on any atom is 3.00 e. The molecule has 0 amide bonds. The fraction of sp³-hybridized carbons (Fsp3) is 0.429. The van der Waals surface area contributed by atoms with Gasteiger partial charge in [0.2, 0.25) is 0 Å². The molecule has 0 atom stereocenters. The largest absolute Gasteiger partial charge is 3.00 e. The van der Waals surface area contributed by atoms with E-state index in [9.17, 15) is 0 Å². The Bertz CT molecular complexity index is 1430. The number of allylic oxidation sites excluding steroid dienone is 4. The van der Waals surface area contributed by atoms with E-state index < -0.39 is 0 Å². The molecule has 0 saturated carbocycles. The number of nitrogens with zero attached hydrogens (tertiary/aromatic N) is 2. The normalized spacial score (nSPS) is 12.7. The van der Waals surface area contributed by atoms with Gasteiger partial charge in [0.25, 0.3) is 0 Å². The number of aryl methyl sites for hydroxylation is 1. The summed E-state index contributed by atoms with van der Waals surface area (Å²) in [6.07, 6.45) is 7.03. The molecule has 0 heterocycles. The van der Waals surface area contributed by atoms with Crippen LogP contribution in [-0.2, 0) is 43.5 Å². The van der Waals surface area contributed by atoms with Gasteiger partial charge in [-0.25, -0.2) is 17.7 Å². The molecule has 0 aromatic heterocycles. The van der Waals surface area contributed by atoms with Crippen LogP contribution >= 0.6 is 0 Å². The van der Waals surface area contributed by atoms with Crippen molar-refractivity contribution in [2.24, 2.45) is 5.41 Å². The Kier molecular flexibility index (Phi) is 15.3. The average molecular weight is 697 g/mol. The molecule has 0 unspecified atom stereocenters. The molecular formula is C42H59N2OY. The third-order valence-corrected chi connectivity index (χ3v) is 8.22. The Balaban J connectivity index is 0.000000413. The molecule has 0 saturated heterocycles. The smallest absolute Gasteiger partial charge is 0.496 e. The Labute approximate surface area is 308 Å². The molecule has 3 aromatic rings. The van der Waals surface area contributed by atoms with Gasteiger partial charge < -0.3 is 14.5 Å². The first-order valence-corrected chi connectivity index (χ1v) is 15.9. The fourth-order valence-electron chi connectivity index (χ4n) is 5.45. The van der Waals surface area contributed by atoms with Crippen molar-refractivity contribution in [3.05, 3.63) is 126 Å². The number of hydrogen-bond acceptors (Lipinski definition) is 3. The van der Waals surface area contributed by atoms with Crippen molar-refractivity contribution in [2.45, 2.75) is 79.6 Å². The van der Waals surface area contributed by atoms with Crippen molar-refractivity contribution in [1.29, 1.82) is 0 Å². The maximum absolute atomic E-state index is 5.94. The summed E-state index contributed by atoms with van der Waals surface area (Å²) in [7, 11) is 9.87. The summed E-state index contributed by atoms with van der Waals surface area (Å²) in [5.41, 5.74) is 11.1. The predicted molar refractivity (Wildman–Crippen MR) is 199 cm³/mol. The Morgan fingerprint density at radius 3 is 1.46 bits per heavy atom. The zero-order valence-electron chi connectivity index (χ0n) is 31.4. The van der Waals surface area contributed by atoms with E-state index in [0.717, 1.165) is 23.3 Å². The molecular weight excluding hydrogens is 637 g/mol. The van der Waals surface area contributed by atoms with Crippen molar-refractivity contribution < 1.29 is 37.4 Å². The molecule has 0 spiro atoms. The monoisotopic (exact) mass is 696 g/mol. The van der Waals surface area contributed by atoms with Gasteiger partial charge in [-0.3, -0.25) is 0 Å². The molecule has 0 radical (unpaired) electrons. The molecule has 1 aliphatic rings. The zero-order chi connectivity index (χ0) is 34.3.